The number of aliphatic imine (C=N–C) groups is 1. The van der Waals surface area contributed by atoms with Crippen molar-refractivity contribution >= 4 is 23.3 Å². The monoisotopic (exact) mass is 622 g/mol. The zero-order valence-electron chi connectivity index (χ0n) is 24.4. The van der Waals surface area contributed by atoms with E-state index in [9.17, 15) is 15.0 Å². The highest BCUT2D eigenvalue weighted by molar-refractivity contribution is 5.95. The van der Waals surface area contributed by atoms with E-state index < -0.39 is 46.8 Å². The molecular formula is C30H32F2N8O5. The lowest BCUT2D eigenvalue weighted by molar-refractivity contribution is -0.138. The Hall–Kier alpha value is -5.73. The Kier molecular flexibility index (Phi) is 10.1. The number of imidazole rings is 1. The Balaban J connectivity index is 1.77. The highest BCUT2D eigenvalue weighted by Gasteiger charge is 2.29. The maximum atomic E-state index is 16.0. The van der Waals surface area contributed by atoms with E-state index in [1.807, 2.05) is 0 Å². The summed E-state index contributed by atoms with van der Waals surface area (Å²) in [5.74, 6) is -5.88. The minimum absolute atomic E-state index is 0.00844. The zero-order valence-corrected chi connectivity index (χ0v) is 24.4. The second-order valence-corrected chi connectivity index (χ2v) is 9.94. The Labute approximate surface area is 256 Å². The summed E-state index contributed by atoms with van der Waals surface area (Å²) in [6, 6.07) is 8.80. The number of benzene rings is 2. The normalized spacial score (nSPS) is 12.0. The van der Waals surface area contributed by atoms with Crippen LogP contribution in [-0.4, -0.2) is 55.0 Å². The molecule has 0 saturated carbocycles. The maximum Gasteiger partial charge on any atom is 0.326 e. The molecule has 8 N–H and O–H groups in total. The molecule has 0 fully saturated rings. The van der Waals surface area contributed by atoms with Gasteiger partial charge in [-0.15, -0.1) is 0 Å². The van der Waals surface area contributed by atoms with Crippen LogP contribution in [0.4, 0.5) is 14.5 Å². The Morgan fingerprint density at radius 1 is 1.11 bits per heavy atom. The first-order chi connectivity index (χ1) is 21.5. The zero-order chi connectivity index (χ0) is 32.7. The Bertz CT molecular complexity index is 1740. The molecule has 2 heterocycles. The second-order valence-electron chi connectivity index (χ2n) is 9.94. The SMILES string of the molecule is CC(N)=NCCCCC(Nc1c(F)c(Oc2cc(C(=N)N)ccc2O)nc(Oc2ccccc2-c2nccn2C)c1F)C(=O)O. The standard InChI is InChI=1S/C30H32F2N8O5/c1-16(33)36-12-6-5-8-19(30(42)43)38-25-23(31)28(44-21-9-4-3-7-18(21)27-37-13-14-40(27)2)39-29(24(25)32)45-22-15-17(26(34)35)10-11-20(22)41/h3-4,7,9-11,13-15,19,41H,5-6,8,12H2,1-2H3,(H2,33,36)(H3,34,35)(H,38,39)(H,42,43). The number of nitrogen functional groups attached to an aromatic ring is 1. The summed E-state index contributed by atoms with van der Waals surface area (Å²) in [6.07, 6.45) is 4.10. The third-order valence-corrected chi connectivity index (χ3v) is 6.53. The van der Waals surface area contributed by atoms with E-state index in [0.717, 1.165) is 6.07 Å². The number of ether oxygens (including phenoxy) is 2. The number of aromatic hydroxyl groups is 1. The van der Waals surface area contributed by atoms with Crippen molar-refractivity contribution in [1.82, 2.24) is 14.5 Å². The van der Waals surface area contributed by atoms with Crippen molar-refractivity contribution < 1.29 is 33.3 Å². The number of carboxylic acid groups (broad SMARTS) is 1. The van der Waals surface area contributed by atoms with Crippen molar-refractivity contribution in [2.24, 2.45) is 23.5 Å². The molecule has 2 aromatic heterocycles. The van der Waals surface area contributed by atoms with Gasteiger partial charge in [-0.2, -0.15) is 13.8 Å². The molecule has 1 unspecified atom stereocenters. The van der Waals surface area contributed by atoms with Crippen LogP contribution in [-0.2, 0) is 11.8 Å². The molecule has 0 saturated heterocycles. The van der Waals surface area contributed by atoms with Crippen molar-refractivity contribution in [3.63, 3.8) is 0 Å². The number of halogens is 2. The number of aromatic nitrogens is 3. The number of pyridine rings is 1. The highest BCUT2D eigenvalue weighted by Crippen LogP contribution is 2.40. The number of carboxylic acids is 1. The number of amidine groups is 2. The lowest BCUT2D eigenvalue weighted by atomic mass is 10.1. The molecule has 0 bridgehead atoms. The first-order valence-electron chi connectivity index (χ1n) is 13.7. The molecule has 1 atom stereocenters. The fourth-order valence-corrected chi connectivity index (χ4v) is 4.25. The molecule has 0 radical (unpaired) electrons. The summed E-state index contributed by atoms with van der Waals surface area (Å²) >= 11 is 0. The molecule has 15 heteroatoms. The summed E-state index contributed by atoms with van der Waals surface area (Å²) in [6.45, 7) is 1.99. The Morgan fingerprint density at radius 3 is 2.42 bits per heavy atom. The third kappa shape index (κ3) is 7.81. The van der Waals surface area contributed by atoms with Gasteiger partial charge in [-0.1, -0.05) is 12.1 Å². The molecule has 0 aliphatic carbocycles. The van der Waals surface area contributed by atoms with Crippen LogP contribution in [0.2, 0.25) is 0 Å². The molecule has 13 nitrogen and oxygen atoms in total. The molecule has 45 heavy (non-hydrogen) atoms. The molecule has 0 aliphatic heterocycles. The molecular weight excluding hydrogens is 590 g/mol. The maximum absolute atomic E-state index is 16.0. The van der Waals surface area contributed by atoms with E-state index in [0.29, 0.717) is 36.6 Å². The second kappa shape index (κ2) is 14.2. The average Bonchev–Trinajstić information content (AvgIpc) is 3.42. The number of hydrogen-bond acceptors (Lipinski definition) is 9. The van der Waals surface area contributed by atoms with Crippen LogP contribution < -0.4 is 26.3 Å². The predicted octanol–water partition coefficient (Wildman–Crippen LogP) is 4.75. The van der Waals surface area contributed by atoms with E-state index in [2.05, 4.69) is 20.3 Å². The molecule has 4 rings (SSSR count). The summed E-state index contributed by atoms with van der Waals surface area (Å²) in [7, 11) is 1.75. The number of nitrogens with two attached hydrogens (primary N) is 2. The Morgan fingerprint density at radius 2 is 1.80 bits per heavy atom. The average molecular weight is 623 g/mol. The number of rotatable bonds is 14. The fraction of sp³-hybridized carbons (Fsp3) is 0.233. The van der Waals surface area contributed by atoms with E-state index in [1.165, 1.54) is 18.2 Å². The lowest BCUT2D eigenvalue weighted by Crippen LogP contribution is -2.30. The van der Waals surface area contributed by atoms with Gasteiger partial charge >= 0.3 is 5.97 Å². The number of anilines is 1. The van der Waals surface area contributed by atoms with Crippen LogP contribution in [0.5, 0.6) is 29.0 Å². The first-order valence-corrected chi connectivity index (χ1v) is 13.7. The molecule has 0 amide bonds. The van der Waals surface area contributed by atoms with E-state index in [-0.39, 0.29) is 29.3 Å². The van der Waals surface area contributed by atoms with Crippen molar-refractivity contribution in [3.8, 4) is 40.4 Å². The third-order valence-electron chi connectivity index (χ3n) is 6.53. The number of phenols is 1. The van der Waals surface area contributed by atoms with Crippen molar-refractivity contribution in [3.05, 3.63) is 72.1 Å². The molecule has 0 spiro atoms. The largest absolute Gasteiger partial charge is 0.504 e. The number of phenolic OH excluding ortho intramolecular Hbond substituents is 1. The van der Waals surface area contributed by atoms with Gasteiger partial charge in [0.05, 0.1) is 11.4 Å². The molecule has 4 aromatic rings. The summed E-state index contributed by atoms with van der Waals surface area (Å²) in [5, 5.41) is 30.3. The van der Waals surface area contributed by atoms with Crippen LogP contribution in [0.3, 0.4) is 0 Å². The molecule has 236 valence electrons. The van der Waals surface area contributed by atoms with Gasteiger partial charge in [0.15, 0.2) is 11.5 Å². The van der Waals surface area contributed by atoms with Gasteiger partial charge < -0.3 is 41.0 Å². The van der Waals surface area contributed by atoms with E-state index >= 15 is 8.78 Å². The minimum Gasteiger partial charge on any atom is -0.504 e. The number of aryl methyl sites for hydroxylation is 1. The van der Waals surface area contributed by atoms with Crippen LogP contribution in [0, 0.1) is 17.0 Å². The van der Waals surface area contributed by atoms with Gasteiger partial charge in [-0.25, -0.2) is 9.78 Å². The molecule has 2 aromatic carbocycles. The van der Waals surface area contributed by atoms with Crippen molar-refractivity contribution in [1.29, 1.82) is 5.41 Å². The van der Waals surface area contributed by atoms with Gasteiger partial charge in [0.25, 0.3) is 11.8 Å². The van der Waals surface area contributed by atoms with Gasteiger partial charge in [0.1, 0.15) is 29.1 Å². The number of aliphatic carboxylic acids is 1. The van der Waals surface area contributed by atoms with Crippen LogP contribution in [0.25, 0.3) is 11.4 Å². The topological polar surface area (TPSA) is 207 Å². The number of hydrogen-bond donors (Lipinski definition) is 6. The fourth-order valence-electron chi connectivity index (χ4n) is 4.25. The minimum atomic E-state index is -1.42. The first kappa shape index (κ1) is 32.2. The van der Waals surface area contributed by atoms with Crippen molar-refractivity contribution in [2.45, 2.75) is 32.2 Å². The van der Waals surface area contributed by atoms with E-state index in [4.69, 9.17) is 26.4 Å². The smallest absolute Gasteiger partial charge is 0.326 e. The number of para-hydroxylation sites is 1. The van der Waals surface area contributed by atoms with Gasteiger partial charge in [0.2, 0.25) is 11.6 Å². The predicted molar refractivity (Wildman–Crippen MR) is 163 cm³/mol. The quantitative estimate of drug-likeness (QED) is 0.0646. The van der Waals surface area contributed by atoms with Gasteiger partial charge in [-0.05, 0) is 56.5 Å². The van der Waals surface area contributed by atoms with Gasteiger partial charge in [0, 0.05) is 31.5 Å². The number of unbranched alkanes of at least 4 members (excludes halogenated alkanes) is 1. The van der Waals surface area contributed by atoms with Crippen LogP contribution in [0.15, 0.2) is 59.9 Å². The van der Waals surface area contributed by atoms with Gasteiger partial charge in [-0.3, -0.25) is 10.4 Å². The van der Waals surface area contributed by atoms with Crippen LogP contribution in [0.1, 0.15) is 31.7 Å². The summed E-state index contributed by atoms with van der Waals surface area (Å²) < 4.78 is 45.0. The summed E-state index contributed by atoms with van der Waals surface area (Å²) in [4.78, 5) is 24.4. The number of nitrogens with zero attached hydrogens (tertiary/aromatic N) is 4. The van der Waals surface area contributed by atoms with Crippen LogP contribution >= 0.6 is 0 Å². The van der Waals surface area contributed by atoms with E-state index in [1.54, 1.807) is 49.1 Å². The van der Waals surface area contributed by atoms with Crippen molar-refractivity contribution in [2.75, 3.05) is 11.9 Å². The lowest BCUT2D eigenvalue weighted by Gasteiger charge is -2.20. The number of carbonyl (C=O) groups is 1. The summed E-state index contributed by atoms with van der Waals surface area (Å²) in [5.41, 5.74) is 10.8. The molecule has 0 aliphatic rings. The highest BCUT2D eigenvalue weighted by atomic mass is 19.1. The number of nitrogens with one attached hydrogen (secondary N) is 2.